The van der Waals surface area contributed by atoms with Gasteiger partial charge in [-0.05, 0) is 57.5 Å². The van der Waals surface area contributed by atoms with Crippen molar-refractivity contribution in [1.29, 1.82) is 0 Å². The summed E-state index contributed by atoms with van der Waals surface area (Å²) in [6.07, 6.45) is 2.16. The van der Waals surface area contributed by atoms with Gasteiger partial charge in [-0.1, -0.05) is 46.9 Å². The molecule has 4 heterocycles. The van der Waals surface area contributed by atoms with Gasteiger partial charge in [0.2, 0.25) is 10.8 Å². The number of amides is 2. The summed E-state index contributed by atoms with van der Waals surface area (Å²) in [7, 11) is 1.63. The van der Waals surface area contributed by atoms with Gasteiger partial charge >= 0.3 is 0 Å². The second-order valence-electron chi connectivity index (χ2n) is 9.91. The fraction of sp³-hybridized carbons (Fsp3) is 0.333. The van der Waals surface area contributed by atoms with Gasteiger partial charge in [-0.25, -0.2) is 0 Å². The van der Waals surface area contributed by atoms with E-state index in [0.29, 0.717) is 11.5 Å². The zero-order chi connectivity index (χ0) is 26.1. The van der Waals surface area contributed by atoms with Crippen molar-refractivity contribution in [2.75, 3.05) is 28.4 Å². The van der Waals surface area contributed by atoms with Crippen LogP contribution in [-0.2, 0) is 14.5 Å². The minimum Gasteiger partial charge on any atom is -0.497 e. The van der Waals surface area contributed by atoms with E-state index < -0.39 is 10.4 Å². The number of aromatic nitrogens is 2. The van der Waals surface area contributed by atoms with E-state index in [4.69, 9.17) is 4.74 Å². The fourth-order valence-electron chi connectivity index (χ4n) is 5.40. The van der Waals surface area contributed by atoms with Crippen LogP contribution in [0.15, 0.2) is 46.8 Å². The van der Waals surface area contributed by atoms with Crippen LogP contribution in [0.3, 0.4) is 0 Å². The SMILES string of the molecule is COc1cc2c3c(c1)C1(SCC(=O)N1c1ccc(C)cc1)C(=O)N3C(C)(C)C=C2CSc1nnc(C)s1. The monoisotopic (exact) mass is 550 g/mol. The lowest BCUT2D eigenvalue weighted by Crippen LogP contribution is -2.55. The lowest BCUT2D eigenvalue weighted by Gasteiger charge is -2.40. The summed E-state index contributed by atoms with van der Waals surface area (Å²) in [6.45, 7) is 8.06. The van der Waals surface area contributed by atoms with Gasteiger partial charge in [0.15, 0.2) is 4.34 Å². The van der Waals surface area contributed by atoms with Crippen LogP contribution in [0.4, 0.5) is 11.4 Å². The maximum atomic E-state index is 14.5. The van der Waals surface area contributed by atoms with Crippen LogP contribution in [-0.4, -0.2) is 46.2 Å². The van der Waals surface area contributed by atoms with E-state index in [1.807, 2.05) is 55.1 Å². The van der Waals surface area contributed by atoms with Crippen molar-refractivity contribution in [2.45, 2.75) is 42.4 Å². The van der Waals surface area contributed by atoms with Gasteiger partial charge in [0, 0.05) is 22.6 Å². The lowest BCUT2D eigenvalue weighted by atomic mass is 9.88. The van der Waals surface area contributed by atoms with Crippen LogP contribution >= 0.6 is 34.9 Å². The Labute approximate surface area is 228 Å². The Kier molecular flexibility index (Phi) is 5.70. The number of benzene rings is 2. The molecule has 3 aliphatic heterocycles. The van der Waals surface area contributed by atoms with Crippen molar-refractivity contribution in [3.05, 3.63) is 64.2 Å². The third-order valence-electron chi connectivity index (χ3n) is 6.97. The van der Waals surface area contributed by atoms with Crippen LogP contribution in [0.1, 0.15) is 35.5 Å². The minimum absolute atomic E-state index is 0.0770. The number of aryl methyl sites for hydroxylation is 2. The molecule has 1 spiro atoms. The Morgan fingerprint density at radius 2 is 1.84 bits per heavy atom. The molecule has 37 heavy (non-hydrogen) atoms. The molecule has 190 valence electrons. The van der Waals surface area contributed by atoms with Gasteiger partial charge < -0.3 is 4.74 Å². The summed E-state index contributed by atoms with van der Waals surface area (Å²) in [6, 6.07) is 11.7. The molecule has 3 aliphatic rings. The second kappa shape index (κ2) is 8.61. The van der Waals surface area contributed by atoms with E-state index in [9.17, 15) is 9.59 Å². The van der Waals surface area contributed by atoms with Gasteiger partial charge in [-0.15, -0.1) is 22.0 Å². The molecule has 10 heteroatoms. The van der Waals surface area contributed by atoms with Crippen LogP contribution in [0.25, 0.3) is 5.57 Å². The number of nitrogens with zero attached hydrogens (tertiary/aromatic N) is 4. The number of carbonyl (C=O) groups is 2. The van der Waals surface area contributed by atoms with E-state index >= 15 is 0 Å². The molecule has 2 amide bonds. The molecule has 0 bridgehead atoms. The molecule has 1 atom stereocenters. The van der Waals surface area contributed by atoms with Crippen LogP contribution in [0.2, 0.25) is 0 Å². The Bertz CT molecular complexity index is 1480. The van der Waals surface area contributed by atoms with E-state index in [1.54, 1.807) is 35.1 Å². The van der Waals surface area contributed by atoms with Gasteiger partial charge in [-0.3, -0.25) is 19.4 Å². The molecular formula is C27H26N4O3S3. The second-order valence-corrected chi connectivity index (χ2v) is 13.5. The molecule has 1 fully saturated rings. The van der Waals surface area contributed by atoms with Gasteiger partial charge in [0.1, 0.15) is 10.8 Å². The zero-order valence-corrected chi connectivity index (χ0v) is 23.6. The third-order valence-corrected chi connectivity index (χ3v) is 10.4. The molecule has 0 saturated carbocycles. The minimum atomic E-state index is -1.19. The highest BCUT2D eigenvalue weighted by molar-refractivity contribution is 8.02. The first-order valence-electron chi connectivity index (χ1n) is 11.9. The standard InChI is InChI=1S/C27H26N4O3S3/c1-15-6-8-18(9-7-15)30-22(32)14-36-27(30)21-11-19(34-5)10-20-17(13-35-25-29-28-16(2)37-25)12-26(3,4)31(23(20)21)24(27)33/h6-12H,13-14H2,1-5H3. The Hall–Kier alpha value is -2.82. The molecule has 3 aromatic rings. The van der Waals surface area contributed by atoms with Crippen molar-refractivity contribution >= 4 is 63.6 Å². The first kappa shape index (κ1) is 24.5. The molecule has 1 saturated heterocycles. The summed E-state index contributed by atoms with van der Waals surface area (Å²) in [5, 5.41) is 9.34. The van der Waals surface area contributed by atoms with Crippen molar-refractivity contribution in [2.24, 2.45) is 0 Å². The summed E-state index contributed by atoms with van der Waals surface area (Å²) >= 11 is 4.60. The summed E-state index contributed by atoms with van der Waals surface area (Å²) in [5.74, 6) is 1.40. The summed E-state index contributed by atoms with van der Waals surface area (Å²) in [4.78, 5) is 30.3. The maximum Gasteiger partial charge on any atom is 0.269 e. The average molecular weight is 551 g/mol. The quantitative estimate of drug-likeness (QED) is 0.393. The van der Waals surface area contributed by atoms with Gasteiger partial charge in [0.25, 0.3) is 5.91 Å². The van der Waals surface area contributed by atoms with Gasteiger partial charge in [0.05, 0.1) is 24.1 Å². The zero-order valence-electron chi connectivity index (χ0n) is 21.2. The number of thioether (sulfide) groups is 2. The number of rotatable bonds is 5. The molecule has 1 unspecified atom stereocenters. The maximum absolute atomic E-state index is 14.5. The summed E-state index contributed by atoms with van der Waals surface area (Å²) < 4.78 is 6.64. The van der Waals surface area contributed by atoms with Gasteiger partial charge in [-0.2, -0.15) is 0 Å². The highest BCUT2D eigenvalue weighted by atomic mass is 32.2. The lowest BCUT2D eigenvalue weighted by molar-refractivity contribution is -0.124. The Morgan fingerprint density at radius 3 is 2.51 bits per heavy atom. The number of anilines is 2. The number of methoxy groups -OCH3 is 1. The van der Waals surface area contributed by atoms with E-state index in [1.165, 1.54) is 11.8 Å². The molecule has 1 aromatic heterocycles. The smallest absolute Gasteiger partial charge is 0.269 e. The van der Waals surface area contributed by atoms with Crippen LogP contribution < -0.4 is 14.5 Å². The fourth-order valence-corrected chi connectivity index (χ4v) is 8.53. The molecule has 0 N–H and O–H groups in total. The molecule has 0 radical (unpaired) electrons. The van der Waals surface area contributed by atoms with E-state index in [-0.39, 0.29) is 17.6 Å². The average Bonchev–Trinajstić information content (AvgIpc) is 3.52. The first-order chi connectivity index (χ1) is 17.7. The Balaban J connectivity index is 1.53. The predicted molar refractivity (Wildman–Crippen MR) is 151 cm³/mol. The number of ether oxygens (including phenoxy) is 1. The number of hydrogen-bond acceptors (Lipinski definition) is 8. The van der Waals surface area contributed by atoms with Crippen molar-refractivity contribution < 1.29 is 14.3 Å². The third kappa shape index (κ3) is 3.64. The van der Waals surface area contributed by atoms with Crippen molar-refractivity contribution in [1.82, 2.24) is 10.2 Å². The first-order valence-corrected chi connectivity index (χ1v) is 14.7. The molecule has 2 aromatic carbocycles. The van der Waals surface area contributed by atoms with Crippen molar-refractivity contribution in [3.63, 3.8) is 0 Å². The normalized spacial score (nSPS) is 21.6. The van der Waals surface area contributed by atoms with Crippen molar-refractivity contribution in [3.8, 4) is 5.75 Å². The predicted octanol–water partition coefficient (Wildman–Crippen LogP) is 5.41. The molecule has 7 nitrogen and oxygen atoms in total. The van der Waals surface area contributed by atoms with E-state index in [2.05, 4.69) is 30.1 Å². The van der Waals surface area contributed by atoms with Crippen LogP contribution in [0, 0.1) is 13.8 Å². The number of hydrogen-bond donors (Lipinski definition) is 0. The highest BCUT2D eigenvalue weighted by Gasteiger charge is 2.64. The number of fused-ring (bicyclic) bond motifs is 1. The molecule has 6 rings (SSSR count). The summed E-state index contributed by atoms with van der Waals surface area (Å²) in [5.41, 5.74) is 4.96. The Morgan fingerprint density at radius 1 is 1.08 bits per heavy atom. The van der Waals surface area contributed by atoms with E-state index in [0.717, 1.165) is 43.0 Å². The van der Waals surface area contributed by atoms with Crippen LogP contribution in [0.5, 0.6) is 5.75 Å². The molecule has 0 aliphatic carbocycles. The largest absolute Gasteiger partial charge is 0.497 e. The topological polar surface area (TPSA) is 75.6 Å². The highest BCUT2D eigenvalue weighted by Crippen LogP contribution is 2.61. The molecular weight excluding hydrogens is 525 g/mol. The number of carbonyl (C=O) groups excluding carboxylic acids is 2.